The van der Waals surface area contributed by atoms with Gasteiger partial charge in [0.1, 0.15) is 5.52 Å². The van der Waals surface area contributed by atoms with E-state index >= 15 is 0 Å². The van der Waals surface area contributed by atoms with Crippen LogP contribution in [0.15, 0.2) is 22.6 Å². The molecule has 2 rings (SSSR count). The second kappa shape index (κ2) is 8.01. The summed E-state index contributed by atoms with van der Waals surface area (Å²) in [6.45, 7) is 4.30. The van der Waals surface area contributed by atoms with Crippen molar-refractivity contribution >= 4 is 28.8 Å². The summed E-state index contributed by atoms with van der Waals surface area (Å²) in [4.78, 5) is 18.1. The van der Waals surface area contributed by atoms with Crippen molar-refractivity contribution in [1.29, 1.82) is 0 Å². The Kier molecular flexibility index (Phi) is 6.03. The van der Waals surface area contributed by atoms with Crippen LogP contribution < -0.4 is 15.5 Å². The zero-order valence-corrected chi connectivity index (χ0v) is 14.7. The maximum atomic E-state index is 12.0. The van der Waals surface area contributed by atoms with E-state index < -0.39 is 6.10 Å². The van der Waals surface area contributed by atoms with Gasteiger partial charge in [-0.25, -0.2) is 4.79 Å². The van der Waals surface area contributed by atoms with Gasteiger partial charge in [-0.2, -0.15) is 4.98 Å². The van der Waals surface area contributed by atoms with Crippen LogP contribution >= 0.6 is 0 Å². The summed E-state index contributed by atoms with van der Waals surface area (Å²) in [6, 6.07) is 5.44. The van der Waals surface area contributed by atoms with Crippen molar-refractivity contribution in [3.63, 3.8) is 0 Å². The molecule has 2 amide bonds. The maximum absolute atomic E-state index is 12.0. The number of aliphatic hydroxyl groups is 1. The quantitative estimate of drug-likeness (QED) is 0.724. The van der Waals surface area contributed by atoms with Gasteiger partial charge in [-0.1, -0.05) is 26.7 Å². The van der Waals surface area contributed by atoms with Gasteiger partial charge >= 0.3 is 6.03 Å². The van der Waals surface area contributed by atoms with Gasteiger partial charge in [-0.3, -0.25) is 0 Å². The predicted molar refractivity (Wildman–Crippen MR) is 95.4 cm³/mol. The Labute approximate surface area is 142 Å². The van der Waals surface area contributed by atoms with Crippen molar-refractivity contribution in [1.82, 2.24) is 10.3 Å². The molecule has 0 aliphatic rings. The summed E-state index contributed by atoms with van der Waals surface area (Å²) in [5, 5.41) is 15.5. The van der Waals surface area contributed by atoms with Crippen molar-refractivity contribution in [3.05, 3.63) is 18.2 Å². The number of nitrogens with zero attached hydrogens (tertiary/aromatic N) is 2. The van der Waals surface area contributed by atoms with Gasteiger partial charge in [0.2, 0.25) is 0 Å². The van der Waals surface area contributed by atoms with Crippen LogP contribution in [0, 0.1) is 5.92 Å². The Morgan fingerprint density at radius 2 is 2.04 bits per heavy atom. The van der Waals surface area contributed by atoms with Crippen LogP contribution in [0.4, 0.5) is 16.5 Å². The zero-order chi connectivity index (χ0) is 17.7. The smallest absolute Gasteiger partial charge is 0.319 e. The summed E-state index contributed by atoms with van der Waals surface area (Å²) in [7, 11) is 3.70. The number of aliphatic hydroxyl groups excluding tert-OH is 1. The van der Waals surface area contributed by atoms with E-state index in [9.17, 15) is 9.90 Å². The van der Waals surface area contributed by atoms with Crippen molar-refractivity contribution in [2.75, 3.05) is 30.9 Å². The highest BCUT2D eigenvalue weighted by Gasteiger charge is 2.16. The first-order chi connectivity index (χ1) is 11.4. The van der Waals surface area contributed by atoms with E-state index in [-0.39, 0.29) is 18.5 Å². The number of urea groups is 1. The summed E-state index contributed by atoms with van der Waals surface area (Å²) in [5.74, 6) is 0.195. The van der Waals surface area contributed by atoms with E-state index in [0.717, 1.165) is 18.4 Å². The van der Waals surface area contributed by atoms with Gasteiger partial charge < -0.3 is 25.1 Å². The number of rotatable bonds is 7. The Balaban J connectivity index is 1.95. The van der Waals surface area contributed by atoms with Crippen LogP contribution in [0.3, 0.4) is 0 Å². The molecular formula is C17H26N4O3. The minimum atomic E-state index is -0.537. The van der Waals surface area contributed by atoms with E-state index in [2.05, 4.69) is 15.6 Å². The molecule has 132 valence electrons. The van der Waals surface area contributed by atoms with Crippen LogP contribution in [0.2, 0.25) is 0 Å². The number of carbonyl (C=O) groups excluding carboxylic acids is 1. The Morgan fingerprint density at radius 3 is 2.67 bits per heavy atom. The van der Waals surface area contributed by atoms with E-state index in [1.54, 1.807) is 23.1 Å². The SMILES string of the molecule is CCC(CC)C(O)CNC(=O)Nc1ccc2nc(N(C)C)oc2c1. The number of amides is 2. The fourth-order valence-corrected chi connectivity index (χ4v) is 2.55. The number of aromatic nitrogens is 1. The summed E-state index contributed by atoms with van der Waals surface area (Å²) in [5.41, 5.74) is 1.95. The molecule has 0 spiro atoms. The van der Waals surface area contributed by atoms with Crippen molar-refractivity contribution in [2.24, 2.45) is 5.92 Å². The molecule has 1 aromatic heterocycles. The van der Waals surface area contributed by atoms with Gasteiger partial charge in [0.15, 0.2) is 5.58 Å². The standard InChI is InChI=1S/C17H26N4O3/c1-5-11(6-2)14(22)10-18-16(23)19-12-7-8-13-15(9-12)24-17(20-13)21(3)4/h7-9,11,14,22H,5-6,10H2,1-4H3,(H2,18,19,23). The molecule has 7 heteroatoms. The number of benzene rings is 1. The molecule has 1 unspecified atom stereocenters. The lowest BCUT2D eigenvalue weighted by Crippen LogP contribution is -2.38. The molecule has 0 aliphatic carbocycles. The van der Waals surface area contributed by atoms with E-state index in [1.807, 2.05) is 27.9 Å². The van der Waals surface area contributed by atoms with Crippen molar-refractivity contribution < 1.29 is 14.3 Å². The van der Waals surface area contributed by atoms with Crippen LogP contribution in [-0.4, -0.2) is 42.9 Å². The van der Waals surface area contributed by atoms with E-state index in [4.69, 9.17) is 4.42 Å². The topological polar surface area (TPSA) is 90.6 Å². The molecule has 2 aromatic rings. The lowest BCUT2D eigenvalue weighted by Gasteiger charge is -2.20. The molecule has 1 atom stereocenters. The highest BCUT2D eigenvalue weighted by atomic mass is 16.4. The zero-order valence-electron chi connectivity index (χ0n) is 14.7. The number of anilines is 2. The molecule has 7 nitrogen and oxygen atoms in total. The van der Waals surface area contributed by atoms with Crippen LogP contribution in [-0.2, 0) is 0 Å². The summed E-state index contributed by atoms with van der Waals surface area (Å²) in [6.07, 6.45) is 1.24. The number of carbonyl (C=O) groups is 1. The normalized spacial score (nSPS) is 12.4. The van der Waals surface area contributed by atoms with Crippen molar-refractivity contribution in [3.8, 4) is 0 Å². The predicted octanol–water partition coefficient (Wildman–Crippen LogP) is 2.81. The molecular weight excluding hydrogens is 308 g/mol. The fraction of sp³-hybridized carbons (Fsp3) is 0.529. The summed E-state index contributed by atoms with van der Waals surface area (Å²) < 4.78 is 5.61. The minimum Gasteiger partial charge on any atom is -0.423 e. The van der Waals surface area contributed by atoms with Crippen LogP contribution in [0.25, 0.3) is 11.1 Å². The monoisotopic (exact) mass is 334 g/mol. The molecule has 0 fully saturated rings. The Bertz CT molecular complexity index is 680. The van der Waals surface area contributed by atoms with Crippen LogP contribution in [0.1, 0.15) is 26.7 Å². The van der Waals surface area contributed by atoms with E-state index in [1.165, 1.54) is 0 Å². The Morgan fingerprint density at radius 1 is 1.33 bits per heavy atom. The molecule has 0 saturated heterocycles. The third-order valence-corrected chi connectivity index (χ3v) is 4.08. The highest BCUT2D eigenvalue weighted by molar-refractivity contribution is 5.91. The lowest BCUT2D eigenvalue weighted by atomic mass is 9.97. The third kappa shape index (κ3) is 4.38. The molecule has 0 saturated carbocycles. The highest BCUT2D eigenvalue weighted by Crippen LogP contribution is 2.23. The average Bonchev–Trinajstić information content (AvgIpc) is 2.97. The van der Waals surface area contributed by atoms with Gasteiger partial charge in [0.05, 0.1) is 6.10 Å². The van der Waals surface area contributed by atoms with Crippen molar-refractivity contribution in [2.45, 2.75) is 32.8 Å². The van der Waals surface area contributed by atoms with Gasteiger partial charge in [-0.05, 0) is 18.1 Å². The number of hydrogen-bond donors (Lipinski definition) is 3. The van der Waals surface area contributed by atoms with E-state index in [0.29, 0.717) is 17.3 Å². The molecule has 1 heterocycles. The number of nitrogens with one attached hydrogen (secondary N) is 2. The van der Waals surface area contributed by atoms with Gasteiger partial charge in [-0.15, -0.1) is 0 Å². The summed E-state index contributed by atoms with van der Waals surface area (Å²) >= 11 is 0. The molecule has 3 N–H and O–H groups in total. The third-order valence-electron chi connectivity index (χ3n) is 4.08. The van der Waals surface area contributed by atoms with Gasteiger partial charge in [0, 0.05) is 32.4 Å². The second-order valence-corrected chi connectivity index (χ2v) is 6.05. The maximum Gasteiger partial charge on any atom is 0.319 e. The molecule has 24 heavy (non-hydrogen) atoms. The number of oxazole rings is 1. The first kappa shape index (κ1) is 18.1. The first-order valence-electron chi connectivity index (χ1n) is 8.25. The minimum absolute atomic E-state index is 0.195. The largest absolute Gasteiger partial charge is 0.423 e. The number of fused-ring (bicyclic) bond motifs is 1. The molecule has 0 aliphatic heterocycles. The Hall–Kier alpha value is -2.28. The lowest BCUT2D eigenvalue weighted by molar-refractivity contribution is 0.104. The fourth-order valence-electron chi connectivity index (χ4n) is 2.55. The first-order valence-corrected chi connectivity index (χ1v) is 8.25. The molecule has 0 radical (unpaired) electrons. The second-order valence-electron chi connectivity index (χ2n) is 6.05. The number of hydrogen-bond acceptors (Lipinski definition) is 5. The average molecular weight is 334 g/mol. The molecule has 0 bridgehead atoms. The van der Waals surface area contributed by atoms with Crippen LogP contribution in [0.5, 0.6) is 0 Å². The molecule has 1 aromatic carbocycles. The van der Waals surface area contributed by atoms with Gasteiger partial charge in [0.25, 0.3) is 6.01 Å².